The molecule has 4 rings (SSSR count). The van der Waals surface area contributed by atoms with E-state index in [1.807, 2.05) is 6.92 Å². The summed E-state index contributed by atoms with van der Waals surface area (Å²) < 4.78 is 192. The molecule has 0 saturated heterocycles. The number of hydrogen-bond donors (Lipinski definition) is 0. The molecule has 15 heteroatoms. The quantitative estimate of drug-likeness (QED) is 0.116. The number of ether oxygens (including phenoxy) is 2. The van der Waals surface area contributed by atoms with Gasteiger partial charge < -0.3 is 9.47 Å². The Morgan fingerprint density at radius 2 is 0.872 bits per heavy atom. The Balaban J connectivity index is 1.57. The Labute approximate surface area is 258 Å². The molecule has 0 aliphatic carbocycles. The first-order valence-electron chi connectivity index (χ1n) is 13.6. The molecule has 0 amide bonds. The fraction of sp³-hybridized carbons (Fsp3) is 0.250. The van der Waals surface area contributed by atoms with E-state index in [1.54, 1.807) is 12.1 Å². The van der Waals surface area contributed by atoms with E-state index in [1.165, 1.54) is 12.1 Å². The number of unbranched alkanes of at least 4 members (excludes halogenated alkanes) is 2. The summed E-state index contributed by atoms with van der Waals surface area (Å²) >= 11 is 0. The van der Waals surface area contributed by atoms with Crippen molar-refractivity contribution in [3.05, 3.63) is 118 Å². The monoisotopic (exact) mass is 684 g/mol. The lowest BCUT2D eigenvalue weighted by Gasteiger charge is -2.22. The van der Waals surface area contributed by atoms with Crippen LogP contribution in [0.4, 0.5) is 57.1 Å². The van der Waals surface area contributed by atoms with Crippen molar-refractivity contribution in [3.63, 3.8) is 0 Å². The number of alkyl halides is 7. The highest BCUT2D eigenvalue weighted by molar-refractivity contribution is 5.64. The SMILES string of the molecule is CCCCCc1ccc(-c2cc(F)c(C(F)(F)Oc3cc(F)c(C(F)(F)Oc4cc(F)c(C(F)(F)F)c(F)c4)c(F)c3)c(F)c2)cc1. The zero-order valence-corrected chi connectivity index (χ0v) is 23.8. The van der Waals surface area contributed by atoms with Crippen LogP contribution < -0.4 is 9.47 Å². The maximum absolute atomic E-state index is 14.9. The Bertz CT molecular complexity index is 1680. The van der Waals surface area contributed by atoms with E-state index in [4.69, 9.17) is 0 Å². The van der Waals surface area contributed by atoms with Crippen molar-refractivity contribution in [2.45, 2.75) is 51.0 Å². The van der Waals surface area contributed by atoms with Gasteiger partial charge in [-0.1, -0.05) is 44.0 Å². The summed E-state index contributed by atoms with van der Waals surface area (Å²) in [7, 11) is 0. The highest BCUT2D eigenvalue weighted by atomic mass is 19.4. The average molecular weight is 684 g/mol. The predicted molar refractivity (Wildman–Crippen MR) is 142 cm³/mol. The van der Waals surface area contributed by atoms with Crippen molar-refractivity contribution in [1.82, 2.24) is 0 Å². The highest BCUT2D eigenvalue weighted by Gasteiger charge is 2.45. The van der Waals surface area contributed by atoms with Crippen LogP contribution in [0, 0.1) is 34.9 Å². The lowest BCUT2D eigenvalue weighted by Crippen LogP contribution is -2.27. The van der Waals surface area contributed by atoms with Crippen LogP contribution in [0.2, 0.25) is 0 Å². The number of rotatable bonds is 11. The van der Waals surface area contributed by atoms with Gasteiger partial charge in [-0.05, 0) is 41.7 Å². The minimum absolute atomic E-state index is 0.129. The van der Waals surface area contributed by atoms with Crippen molar-refractivity contribution in [2.24, 2.45) is 0 Å². The molecule has 0 unspecified atom stereocenters. The molecule has 0 heterocycles. The zero-order valence-electron chi connectivity index (χ0n) is 23.8. The largest absolute Gasteiger partial charge is 0.432 e. The van der Waals surface area contributed by atoms with Crippen molar-refractivity contribution in [1.29, 1.82) is 0 Å². The van der Waals surface area contributed by atoms with Crippen molar-refractivity contribution in [2.75, 3.05) is 0 Å². The maximum Gasteiger partial charge on any atom is 0.432 e. The molecule has 4 aromatic carbocycles. The van der Waals surface area contributed by atoms with Gasteiger partial charge in [0.05, 0.1) is 0 Å². The average Bonchev–Trinajstić information content (AvgIpc) is 2.90. The van der Waals surface area contributed by atoms with E-state index < -0.39 is 81.5 Å². The summed E-state index contributed by atoms with van der Waals surface area (Å²) in [6.45, 7) is 2.03. The van der Waals surface area contributed by atoms with Crippen molar-refractivity contribution < 1.29 is 66.5 Å². The maximum atomic E-state index is 14.9. The smallest absolute Gasteiger partial charge is 0.429 e. The van der Waals surface area contributed by atoms with E-state index in [0.717, 1.165) is 31.2 Å². The molecule has 0 radical (unpaired) electrons. The second-order valence-electron chi connectivity index (χ2n) is 10.2. The molecule has 252 valence electrons. The standard InChI is InChI=1S/C32H21F13O2/c1-2-3-4-5-16-6-8-17(9-7-16)18-10-21(33)28(22(34)11-18)31(42,43)47-20-14-25(37)29(26(38)15-20)32(44,45)46-19-12-23(35)27(24(36)13-19)30(39,40)41/h6-15H,2-5H2,1H3. The topological polar surface area (TPSA) is 18.5 Å². The van der Waals surface area contributed by atoms with Crippen LogP contribution in [0.1, 0.15) is 48.4 Å². The molecule has 0 spiro atoms. The Morgan fingerprint density at radius 3 is 1.26 bits per heavy atom. The van der Waals surface area contributed by atoms with E-state index >= 15 is 0 Å². The zero-order chi connectivity index (χ0) is 34.9. The lowest BCUT2D eigenvalue weighted by molar-refractivity contribution is -0.191. The van der Waals surface area contributed by atoms with Crippen LogP contribution in [0.15, 0.2) is 60.7 Å². The van der Waals surface area contributed by atoms with E-state index in [9.17, 15) is 57.1 Å². The molecule has 4 aromatic rings. The minimum atomic E-state index is -5.57. The van der Waals surface area contributed by atoms with Gasteiger partial charge in [0.1, 0.15) is 63.1 Å². The molecule has 0 aliphatic rings. The van der Waals surface area contributed by atoms with Gasteiger partial charge in [-0.25, -0.2) is 26.3 Å². The third kappa shape index (κ3) is 7.93. The number of halogens is 13. The molecule has 0 saturated carbocycles. The highest BCUT2D eigenvalue weighted by Crippen LogP contribution is 2.42. The van der Waals surface area contributed by atoms with Crippen LogP contribution in [-0.4, -0.2) is 0 Å². The normalized spacial score (nSPS) is 12.4. The summed E-state index contributed by atoms with van der Waals surface area (Å²) in [6.07, 6.45) is -12.0. The summed E-state index contributed by atoms with van der Waals surface area (Å²) in [5.41, 5.74) is -5.66. The fourth-order valence-corrected chi connectivity index (χ4v) is 4.63. The van der Waals surface area contributed by atoms with Crippen molar-refractivity contribution in [3.8, 4) is 22.6 Å². The van der Waals surface area contributed by atoms with Gasteiger partial charge in [-0.15, -0.1) is 0 Å². The molecule has 0 aromatic heterocycles. The van der Waals surface area contributed by atoms with E-state index in [0.29, 0.717) is 12.1 Å². The molecular formula is C32H21F13O2. The first kappa shape index (κ1) is 35.4. The van der Waals surface area contributed by atoms with Gasteiger partial charge in [0.15, 0.2) is 0 Å². The fourth-order valence-electron chi connectivity index (χ4n) is 4.63. The molecule has 47 heavy (non-hydrogen) atoms. The van der Waals surface area contributed by atoms with Gasteiger partial charge in [-0.2, -0.15) is 30.7 Å². The predicted octanol–water partition coefficient (Wildman–Crippen LogP) is 11.2. The third-order valence-electron chi connectivity index (χ3n) is 6.79. The van der Waals surface area contributed by atoms with Crippen LogP contribution in [0.3, 0.4) is 0 Å². The summed E-state index contributed by atoms with van der Waals surface area (Å²) in [5.74, 6) is -16.3. The van der Waals surface area contributed by atoms with Gasteiger partial charge in [0.25, 0.3) is 0 Å². The summed E-state index contributed by atoms with van der Waals surface area (Å²) in [4.78, 5) is 0. The molecule has 0 N–H and O–H groups in total. The Hall–Kier alpha value is -4.43. The van der Waals surface area contributed by atoms with E-state index in [2.05, 4.69) is 9.47 Å². The molecular weight excluding hydrogens is 663 g/mol. The van der Waals surface area contributed by atoms with Gasteiger partial charge >= 0.3 is 18.4 Å². The van der Waals surface area contributed by atoms with Crippen LogP contribution >= 0.6 is 0 Å². The van der Waals surface area contributed by atoms with Crippen LogP contribution in [0.5, 0.6) is 11.5 Å². The van der Waals surface area contributed by atoms with Gasteiger partial charge in [0, 0.05) is 24.3 Å². The second kappa shape index (κ2) is 13.4. The molecule has 0 aliphatic heterocycles. The van der Waals surface area contributed by atoms with Crippen LogP contribution in [-0.2, 0) is 24.8 Å². The Kier molecular flexibility index (Phi) is 10.1. The number of hydrogen-bond acceptors (Lipinski definition) is 2. The third-order valence-corrected chi connectivity index (χ3v) is 6.79. The molecule has 2 nitrogen and oxygen atoms in total. The van der Waals surface area contributed by atoms with Crippen LogP contribution in [0.25, 0.3) is 11.1 Å². The van der Waals surface area contributed by atoms with Gasteiger partial charge in [0.2, 0.25) is 0 Å². The second-order valence-corrected chi connectivity index (χ2v) is 10.2. The minimum Gasteiger partial charge on any atom is -0.429 e. The number of aryl methyl sites for hydroxylation is 1. The molecule has 0 fully saturated rings. The number of benzene rings is 4. The molecule has 0 atom stereocenters. The Morgan fingerprint density at radius 1 is 0.489 bits per heavy atom. The summed E-state index contributed by atoms with van der Waals surface area (Å²) in [5, 5.41) is 0. The first-order chi connectivity index (χ1) is 21.8. The first-order valence-corrected chi connectivity index (χ1v) is 13.6. The lowest BCUT2D eigenvalue weighted by atomic mass is 9.99. The van der Waals surface area contributed by atoms with Gasteiger partial charge in [-0.3, -0.25) is 0 Å². The molecule has 0 bridgehead atoms. The van der Waals surface area contributed by atoms with Crippen molar-refractivity contribution >= 4 is 0 Å². The summed E-state index contributed by atoms with van der Waals surface area (Å²) in [6, 6.07) is 6.47. The van der Waals surface area contributed by atoms with E-state index in [-0.39, 0.29) is 35.4 Å².